The first-order valence-corrected chi connectivity index (χ1v) is 10.8. The number of carbonyl (C=O) groups is 1. The molecule has 0 aromatic carbocycles. The van der Waals surface area contributed by atoms with Crippen LogP contribution in [-0.2, 0) is 4.79 Å². The van der Waals surface area contributed by atoms with Crippen LogP contribution in [0.25, 0.3) is 0 Å². The van der Waals surface area contributed by atoms with Gasteiger partial charge in [0, 0.05) is 22.6 Å². The summed E-state index contributed by atoms with van der Waals surface area (Å²) in [7, 11) is 3.94. The minimum Gasteiger partial charge on any atom is -0.352 e. The first-order valence-electron chi connectivity index (χ1n) is 8.11. The van der Waals surface area contributed by atoms with Crippen molar-refractivity contribution in [3.05, 3.63) is 0 Å². The van der Waals surface area contributed by atoms with Crippen molar-refractivity contribution in [3.8, 4) is 0 Å². The molecular weight excluding hydrogens is 336 g/mol. The average Bonchev–Trinajstić information content (AvgIpc) is 2.47. The highest BCUT2D eigenvalue weighted by Gasteiger charge is 2.37. The summed E-state index contributed by atoms with van der Waals surface area (Å²) in [5.74, 6) is 0.0389. The van der Waals surface area contributed by atoms with Crippen LogP contribution in [0.2, 0.25) is 0 Å². The minimum atomic E-state index is -0.252. The third-order valence-corrected chi connectivity index (χ3v) is 8.40. The molecule has 1 saturated heterocycles. The lowest BCUT2D eigenvalue weighted by atomic mass is 9.92. The molecule has 0 aromatic heterocycles. The first-order chi connectivity index (χ1) is 10.6. The Hall–Kier alpha value is 0.400. The molecule has 0 aromatic rings. The second-order valence-electron chi connectivity index (χ2n) is 6.25. The maximum Gasteiger partial charge on any atom is 0.238 e. The van der Waals surface area contributed by atoms with E-state index in [4.69, 9.17) is 11.5 Å². The van der Waals surface area contributed by atoms with E-state index in [1.807, 2.05) is 21.6 Å². The van der Waals surface area contributed by atoms with E-state index >= 15 is 0 Å². The molecule has 2 fully saturated rings. The molecule has 2 rings (SSSR count). The van der Waals surface area contributed by atoms with Gasteiger partial charge in [-0.3, -0.25) is 9.52 Å². The van der Waals surface area contributed by atoms with Crippen LogP contribution >= 0.6 is 34.4 Å². The normalized spacial score (nSPS) is 33.0. The van der Waals surface area contributed by atoms with Crippen LogP contribution in [-0.4, -0.2) is 41.1 Å². The van der Waals surface area contributed by atoms with E-state index in [1.54, 1.807) is 0 Å². The Kier molecular flexibility index (Phi) is 8.21. The smallest absolute Gasteiger partial charge is 0.238 e. The minimum absolute atomic E-state index is 0.0389. The summed E-state index contributed by atoms with van der Waals surface area (Å²) >= 11 is 4.09. The monoisotopic (exact) mass is 364 g/mol. The molecule has 1 aliphatic carbocycles. The number of amides is 1. The van der Waals surface area contributed by atoms with Gasteiger partial charge in [-0.15, -0.1) is 0 Å². The van der Waals surface area contributed by atoms with E-state index in [9.17, 15) is 4.79 Å². The summed E-state index contributed by atoms with van der Waals surface area (Å²) in [5.41, 5.74) is 11.7. The quantitative estimate of drug-likeness (QED) is 0.267. The maximum atomic E-state index is 12.4. The summed E-state index contributed by atoms with van der Waals surface area (Å²) in [5, 5.41) is 4.62. The van der Waals surface area contributed by atoms with E-state index in [0.29, 0.717) is 6.54 Å². The predicted octanol–water partition coefficient (Wildman–Crippen LogP) is 1.44. The number of hydrogen-bond acceptors (Lipinski definition) is 7. The molecule has 8 heteroatoms. The average molecular weight is 365 g/mol. The lowest BCUT2D eigenvalue weighted by Gasteiger charge is -2.40. The van der Waals surface area contributed by atoms with Gasteiger partial charge < -0.3 is 16.8 Å². The molecule has 0 spiro atoms. The van der Waals surface area contributed by atoms with Gasteiger partial charge in [-0.1, -0.05) is 40.8 Å². The molecule has 4 unspecified atom stereocenters. The number of carbonyl (C=O) groups excluding carboxylic acids is 1. The van der Waals surface area contributed by atoms with Crippen molar-refractivity contribution in [1.29, 1.82) is 0 Å². The number of unbranched alkanes of at least 4 members (excludes halogenated alkanes) is 1. The fourth-order valence-electron chi connectivity index (χ4n) is 3.06. The molecule has 1 amide bonds. The molecule has 1 saturated carbocycles. The van der Waals surface area contributed by atoms with Gasteiger partial charge in [0.15, 0.2) is 0 Å². The van der Waals surface area contributed by atoms with Crippen molar-refractivity contribution >= 4 is 40.3 Å². The van der Waals surface area contributed by atoms with Crippen molar-refractivity contribution < 1.29 is 4.79 Å². The van der Waals surface area contributed by atoms with Crippen LogP contribution in [0.4, 0.5) is 0 Å². The molecule has 1 heterocycles. The van der Waals surface area contributed by atoms with E-state index in [1.165, 1.54) is 6.42 Å². The number of nitrogens with two attached hydrogens (primary N) is 2. The molecule has 5 nitrogen and oxygen atoms in total. The van der Waals surface area contributed by atoms with Gasteiger partial charge in [-0.05, 0) is 45.1 Å². The van der Waals surface area contributed by atoms with Gasteiger partial charge >= 0.3 is 0 Å². The van der Waals surface area contributed by atoms with Crippen molar-refractivity contribution in [3.63, 3.8) is 0 Å². The second kappa shape index (κ2) is 9.64. The lowest BCUT2D eigenvalue weighted by Crippen LogP contribution is -2.49. The van der Waals surface area contributed by atoms with Gasteiger partial charge in [-0.2, -0.15) is 0 Å². The molecule has 2 aliphatic rings. The fraction of sp³-hybridized carbons (Fsp3) is 0.929. The Morgan fingerprint density at radius 1 is 1.23 bits per heavy atom. The molecule has 22 heavy (non-hydrogen) atoms. The summed E-state index contributed by atoms with van der Waals surface area (Å²) in [6.45, 7) is 0.663. The number of fused-ring (bicyclic) bond motifs is 1. The SMILES string of the molecule is NCCCC[C@H](NS)C(=O)NC1CCC2SSC2CC(N)C1. The van der Waals surface area contributed by atoms with Crippen LogP contribution in [0.5, 0.6) is 0 Å². The highest BCUT2D eigenvalue weighted by Crippen LogP contribution is 2.52. The van der Waals surface area contributed by atoms with Crippen molar-refractivity contribution in [1.82, 2.24) is 10.0 Å². The first kappa shape index (κ1) is 18.7. The van der Waals surface area contributed by atoms with Crippen LogP contribution in [0.1, 0.15) is 44.9 Å². The third kappa shape index (κ3) is 5.49. The zero-order valence-corrected chi connectivity index (χ0v) is 15.4. The standard InChI is InChI=1S/C14H28N4OS3/c15-6-2-1-3-11(18-20)14(19)17-10-4-5-12-13(22-21-12)8-9(16)7-10/h9-13,18,20H,1-8,15-16H2,(H,17,19)/t9?,10?,11-,12?,13?/m0/s1. The summed E-state index contributed by atoms with van der Waals surface area (Å²) in [6, 6.07) is 0.123. The molecule has 128 valence electrons. The van der Waals surface area contributed by atoms with Crippen LogP contribution < -0.4 is 21.5 Å². The van der Waals surface area contributed by atoms with Crippen molar-refractivity contribution in [2.24, 2.45) is 11.5 Å². The zero-order chi connectivity index (χ0) is 15.9. The lowest BCUT2D eigenvalue weighted by molar-refractivity contribution is -0.123. The molecule has 0 bridgehead atoms. The van der Waals surface area contributed by atoms with E-state index in [0.717, 1.165) is 49.0 Å². The molecule has 0 radical (unpaired) electrons. The van der Waals surface area contributed by atoms with E-state index < -0.39 is 0 Å². The molecule has 6 N–H and O–H groups in total. The largest absolute Gasteiger partial charge is 0.352 e. The van der Waals surface area contributed by atoms with E-state index in [2.05, 4.69) is 22.9 Å². The number of hydrogen-bond donors (Lipinski definition) is 5. The predicted molar refractivity (Wildman–Crippen MR) is 99.9 cm³/mol. The summed E-state index contributed by atoms with van der Waals surface area (Å²) in [6.07, 6.45) is 6.78. The number of thiol groups is 1. The molecule has 1 aliphatic heterocycles. The summed E-state index contributed by atoms with van der Waals surface area (Å²) in [4.78, 5) is 12.4. The topological polar surface area (TPSA) is 93.2 Å². The van der Waals surface area contributed by atoms with Gasteiger partial charge in [0.1, 0.15) is 0 Å². The summed E-state index contributed by atoms with van der Waals surface area (Å²) < 4.78 is 2.82. The van der Waals surface area contributed by atoms with Crippen LogP contribution in [0, 0.1) is 0 Å². The van der Waals surface area contributed by atoms with Crippen molar-refractivity contribution in [2.75, 3.05) is 6.54 Å². The Bertz CT molecular complexity index is 361. The van der Waals surface area contributed by atoms with Gasteiger partial charge in [-0.25, -0.2) is 0 Å². The van der Waals surface area contributed by atoms with E-state index in [-0.39, 0.29) is 24.0 Å². The second-order valence-corrected chi connectivity index (χ2v) is 9.26. The molecular formula is C14H28N4OS3. The zero-order valence-electron chi connectivity index (χ0n) is 12.9. The van der Waals surface area contributed by atoms with Gasteiger partial charge in [0.05, 0.1) is 6.04 Å². The fourth-order valence-corrected chi connectivity index (χ4v) is 6.34. The van der Waals surface area contributed by atoms with Crippen LogP contribution in [0.15, 0.2) is 0 Å². The van der Waals surface area contributed by atoms with Crippen molar-refractivity contribution in [2.45, 2.75) is 73.6 Å². The Morgan fingerprint density at radius 2 is 2.00 bits per heavy atom. The third-order valence-electron chi connectivity index (χ3n) is 4.41. The van der Waals surface area contributed by atoms with Gasteiger partial charge in [0.25, 0.3) is 0 Å². The number of nitrogens with one attached hydrogen (secondary N) is 2. The Balaban J connectivity index is 1.80. The van der Waals surface area contributed by atoms with Crippen LogP contribution in [0.3, 0.4) is 0 Å². The Morgan fingerprint density at radius 3 is 2.64 bits per heavy atom. The van der Waals surface area contributed by atoms with Gasteiger partial charge in [0.2, 0.25) is 5.91 Å². The highest BCUT2D eigenvalue weighted by atomic mass is 33.1. The molecule has 5 atom stereocenters. The highest BCUT2D eigenvalue weighted by molar-refractivity contribution is 8.80. The maximum absolute atomic E-state index is 12.4. The number of rotatable bonds is 7. The Labute approximate surface area is 146 Å².